The lowest BCUT2D eigenvalue weighted by Crippen LogP contribution is -2.55. The van der Waals surface area contributed by atoms with E-state index in [4.69, 9.17) is 5.73 Å². The molecule has 0 spiro atoms. The summed E-state index contributed by atoms with van der Waals surface area (Å²) in [7, 11) is 0. The number of nitrogens with one attached hydrogen (secondary N) is 2. The minimum atomic E-state index is -0.565. The molecule has 5 nitrogen and oxygen atoms in total. The van der Waals surface area contributed by atoms with E-state index in [1.54, 1.807) is 6.07 Å². The van der Waals surface area contributed by atoms with Crippen LogP contribution in [0.3, 0.4) is 0 Å². The van der Waals surface area contributed by atoms with E-state index in [1.165, 1.54) is 0 Å². The first kappa shape index (κ1) is 12.4. The predicted molar refractivity (Wildman–Crippen MR) is 68.3 cm³/mol. The lowest BCUT2D eigenvalue weighted by molar-refractivity contribution is -0.134. The molecule has 18 heavy (non-hydrogen) atoms. The van der Waals surface area contributed by atoms with Crippen LogP contribution in [0.1, 0.15) is 25.3 Å². The summed E-state index contributed by atoms with van der Waals surface area (Å²) in [5.74, 6) is 0.312. The molecule has 5 heteroatoms. The highest BCUT2D eigenvalue weighted by Gasteiger charge is 2.49. The smallest absolute Gasteiger partial charge is 0.249 e. The molecule has 96 valence electrons. The molecule has 1 fully saturated rings. The fourth-order valence-corrected chi connectivity index (χ4v) is 2.73. The minimum absolute atomic E-state index is 0.182. The highest BCUT2D eigenvalue weighted by atomic mass is 16.2. The number of nitrogen functional groups attached to an aromatic ring is 1. The van der Waals surface area contributed by atoms with Crippen molar-refractivity contribution in [3.63, 3.8) is 0 Å². The quantitative estimate of drug-likeness (QED) is 0.416. The highest BCUT2D eigenvalue weighted by molar-refractivity contribution is 5.90. The predicted octanol–water partition coefficient (Wildman–Crippen LogP) is 0.714. The van der Waals surface area contributed by atoms with Gasteiger partial charge in [0, 0.05) is 5.69 Å². The molecule has 4 N–H and O–H groups in total. The van der Waals surface area contributed by atoms with Crippen molar-refractivity contribution >= 4 is 18.0 Å². The molecule has 0 aliphatic heterocycles. The summed E-state index contributed by atoms with van der Waals surface area (Å²) in [5.41, 5.74) is 11.4. The fraction of sp³-hybridized carbons (Fsp3) is 0.385. The summed E-state index contributed by atoms with van der Waals surface area (Å²) in [6, 6.07) is 7.37. The Morgan fingerprint density at radius 3 is 2.78 bits per heavy atom. The molecule has 2 amide bonds. The molecule has 2 rings (SSSR count). The van der Waals surface area contributed by atoms with E-state index in [-0.39, 0.29) is 5.91 Å². The van der Waals surface area contributed by atoms with Crippen LogP contribution in [0.15, 0.2) is 24.3 Å². The first-order valence-electron chi connectivity index (χ1n) is 5.94. The summed E-state index contributed by atoms with van der Waals surface area (Å²) < 4.78 is 0. The van der Waals surface area contributed by atoms with Crippen LogP contribution in [-0.4, -0.2) is 12.3 Å². The van der Waals surface area contributed by atoms with Crippen LogP contribution in [0.25, 0.3) is 0 Å². The van der Waals surface area contributed by atoms with Gasteiger partial charge in [-0.2, -0.15) is 0 Å². The Balaban J connectivity index is 2.27. The molecule has 0 unspecified atom stereocenters. The van der Waals surface area contributed by atoms with Crippen molar-refractivity contribution in [3.8, 4) is 0 Å². The van der Waals surface area contributed by atoms with Gasteiger partial charge in [0.2, 0.25) is 12.3 Å². The van der Waals surface area contributed by atoms with E-state index in [0.29, 0.717) is 18.0 Å². The van der Waals surface area contributed by atoms with E-state index < -0.39 is 5.41 Å². The second kappa shape index (κ2) is 4.68. The average molecular weight is 247 g/mol. The summed E-state index contributed by atoms with van der Waals surface area (Å²) in [6.45, 7) is 2.10. The van der Waals surface area contributed by atoms with E-state index >= 15 is 0 Å². The van der Waals surface area contributed by atoms with Gasteiger partial charge in [0.15, 0.2) is 0 Å². The molecule has 0 saturated heterocycles. The van der Waals surface area contributed by atoms with Crippen LogP contribution >= 0.6 is 0 Å². The van der Waals surface area contributed by atoms with Crippen molar-refractivity contribution in [1.29, 1.82) is 0 Å². The Bertz CT molecular complexity index is 467. The van der Waals surface area contributed by atoms with Gasteiger partial charge < -0.3 is 5.73 Å². The molecular weight excluding hydrogens is 230 g/mol. The van der Waals surface area contributed by atoms with Crippen molar-refractivity contribution < 1.29 is 9.59 Å². The average Bonchev–Trinajstić information content (AvgIpc) is 2.31. The largest absolute Gasteiger partial charge is 0.399 e. The number of amides is 2. The van der Waals surface area contributed by atoms with Gasteiger partial charge in [-0.25, -0.2) is 0 Å². The Labute approximate surface area is 106 Å². The number of benzene rings is 1. The maximum Gasteiger partial charge on any atom is 0.249 e. The van der Waals surface area contributed by atoms with Crippen LogP contribution in [0.4, 0.5) is 5.69 Å². The number of hydrogen-bond donors (Lipinski definition) is 3. The number of hydrogen-bond acceptors (Lipinski definition) is 3. The summed E-state index contributed by atoms with van der Waals surface area (Å²) >= 11 is 0. The Morgan fingerprint density at radius 2 is 2.22 bits per heavy atom. The SMILES string of the molecule is CC1CC(C(=O)NNC=O)(c2cccc(N)c2)C1. The van der Waals surface area contributed by atoms with Gasteiger partial charge in [-0.05, 0) is 36.5 Å². The molecule has 1 aromatic rings. The summed E-state index contributed by atoms with van der Waals surface area (Å²) in [6.07, 6.45) is 1.98. The molecular formula is C13H17N3O2. The Hall–Kier alpha value is -2.04. The van der Waals surface area contributed by atoms with Gasteiger partial charge in [-0.15, -0.1) is 0 Å². The molecule has 1 aromatic carbocycles. The Morgan fingerprint density at radius 1 is 1.50 bits per heavy atom. The van der Waals surface area contributed by atoms with E-state index in [9.17, 15) is 9.59 Å². The molecule has 0 bridgehead atoms. The number of nitrogens with two attached hydrogens (primary N) is 1. The van der Waals surface area contributed by atoms with Gasteiger partial charge in [-0.3, -0.25) is 20.4 Å². The van der Waals surface area contributed by atoms with Crippen molar-refractivity contribution in [2.24, 2.45) is 5.92 Å². The standard InChI is InChI=1S/C13H17N3O2/c1-9-6-13(7-9,12(18)16-15-8-17)10-3-2-4-11(14)5-10/h2-5,8-9H,6-7,14H2,1H3,(H,15,17)(H,16,18). The number of anilines is 1. The van der Waals surface area contributed by atoms with Crippen molar-refractivity contribution in [3.05, 3.63) is 29.8 Å². The zero-order valence-electron chi connectivity index (χ0n) is 10.3. The minimum Gasteiger partial charge on any atom is -0.399 e. The van der Waals surface area contributed by atoms with Crippen molar-refractivity contribution in [2.45, 2.75) is 25.2 Å². The number of hydrazine groups is 1. The number of carbonyl (C=O) groups is 2. The maximum absolute atomic E-state index is 12.2. The highest BCUT2D eigenvalue weighted by Crippen LogP contribution is 2.48. The molecule has 1 aliphatic carbocycles. The zero-order valence-corrected chi connectivity index (χ0v) is 10.3. The molecule has 0 radical (unpaired) electrons. The molecule has 0 aromatic heterocycles. The molecule has 0 heterocycles. The summed E-state index contributed by atoms with van der Waals surface area (Å²) in [4.78, 5) is 22.4. The normalized spacial score (nSPS) is 25.9. The van der Waals surface area contributed by atoms with E-state index in [1.807, 2.05) is 18.2 Å². The first-order valence-corrected chi connectivity index (χ1v) is 5.94. The third-order valence-electron chi connectivity index (χ3n) is 3.51. The van der Waals surface area contributed by atoms with Gasteiger partial charge in [0.1, 0.15) is 0 Å². The first-order chi connectivity index (χ1) is 8.58. The molecule has 1 saturated carbocycles. The van der Waals surface area contributed by atoms with Crippen LogP contribution in [-0.2, 0) is 15.0 Å². The lowest BCUT2D eigenvalue weighted by atomic mass is 9.58. The fourth-order valence-electron chi connectivity index (χ4n) is 2.73. The van der Waals surface area contributed by atoms with Gasteiger partial charge >= 0.3 is 0 Å². The zero-order chi connectivity index (χ0) is 13.2. The van der Waals surface area contributed by atoms with Crippen LogP contribution < -0.4 is 16.6 Å². The number of rotatable bonds is 4. The van der Waals surface area contributed by atoms with Crippen LogP contribution in [0.2, 0.25) is 0 Å². The summed E-state index contributed by atoms with van der Waals surface area (Å²) in [5, 5.41) is 0. The third-order valence-corrected chi connectivity index (χ3v) is 3.51. The van der Waals surface area contributed by atoms with Crippen molar-refractivity contribution in [1.82, 2.24) is 10.9 Å². The van der Waals surface area contributed by atoms with E-state index in [0.717, 1.165) is 18.4 Å². The van der Waals surface area contributed by atoms with Gasteiger partial charge in [0.05, 0.1) is 5.41 Å². The monoisotopic (exact) mass is 247 g/mol. The third kappa shape index (κ3) is 2.03. The van der Waals surface area contributed by atoms with Crippen molar-refractivity contribution in [2.75, 3.05) is 5.73 Å². The lowest BCUT2D eigenvalue weighted by Gasteiger charge is -2.45. The maximum atomic E-state index is 12.2. The number of carbonyl (C=O) groups excluding carboxylic acids is 2. The Kier molecular flexibility index (Phi) is 3.23. The molecule has 1 aliphatic rings. The topological polar surface area (TPSA) is 84.2 Å². The second-order valence-corrected chi connectivity index (χ2v) is 4.94. The van der Waals surface area contributed by atoms with Gasteiger partial charge in [0.25, 0.3) is 0 Å². The van der Waals surface area contributed by atoms with E-state index in [2.05, 4.69) is 17.8 Å². The second-order valence-electron chi connectivity index (χ2n) is 4.94. The molecule has 0 atom stereocenters. The van der Waals surface area contributed by atoms with Crippen LogP contribution in [0, 0.1) is 5.92 Å². The van der Waals surface area contributed by atoms with Gasteiger partial charge in [-0.1, -0.05) is 19.1 Å². The van der Waals surface area contributed by atoms with Crippen LogP contribution in [0.5, 0.6) is 0 Å².